The molecule has 6 heteroatoms. The molecule has 0 radical (unpaired) electrons. The molecule has 1 amide bonds. The Hall–Kier alpha value is -2.53. The Morgan fingerprint density at radius 3 is 2.55 bits per heavy atom. The molecule has 1 fully saturated rings. The van der Waals surface area contributed by atoms with Crippen molar-refractivity contribution in [3.63, 3.8) is 0 Å². The molecule has 5 nitrogen and oxygen atoms in total. The zero-order valence-corrected chi connectivity index (χ0v) is 17.4. The van der Waals surface area contributed by atoms with Crippen LogP contribution in [-0.4, -0.2) is 41.9 Å². The molecule has 2 aliphatic rings. The van der Waals surface area contributed by atoms with Crippen LogP contribution in [0.15, 0.2) is 36.4 Å². The van der Waals surface area contributed by atoms with Gasteiger partial charge < -0.3 is 14.4 Å². The molecular formula is C23H24ClNO4. The third-order valence-electron chi connectivity index (χ3n) is 5.72. The van der Waals surface area contributed by atoms with Gasteiger partial charge in [0.05, 0.1) is 18.6 Å². The zero-order valence-electron chi connectivity index (χ0n) is 16.7. The van der Waals surface area contributed by atoms with Crippen LogP contribution in [-0.2, 0) is 0 Å². The van der Waals surface area contributed by atoms with Gasteiger partial charge in [-0.2, -0.15) is 0 Å². The number of piperidine rings is 1. The van der Waals surface area contributed by atoms with Gasteiger partial charge in [-0.05, 0) is 55.8 Å². The number of halogens is 1. The molecule has 1 saturated heterocycles. The summed E-state index contributed by atoms with van der Waals surface area (Å²) < 4.78 is 11.8. The predicted molar refractivity (Wildman–Crippen MR) is 111 cm³/mol. The Morgan fingerprint density at radius 2 is 1.90 bits per heavy atom. The van der Waals surface area contributed by atoms with Crippen LogP contribution < -0.4 is 9.47 Å². The van der Waals surface area contributed by atoms with Gasteiger partial charge in [0.2, 0.25) is 0 Å². The van der Waals surface area contributed by atoms with Gasteiger partial charge in [0, 0.05) is 36.5 Å². The van der Waals surface area contributed by atoms with Crippen LogP contribution in [0.3, 0.4) is 0 Å². The number of nitrogens with zero attached hydrogens (tertiary/aromatic N) is 1. The van der Waals surface area contributed by atoms with Crippen LogP contribution in [0.4, 0.5) is 0 Å². The Labute approximate surface area is 175 Å². The fraction of sp³-hybridized carbons (Fsp3) is 0.391. The number of amides is 1. The lowest BCUT2D eigenvalue weighted by atomic mass is 9.82. The van der Waals surface area contributed by atoms with Crippen LogP contribution in [0, 0.1) is 6.92 Å². The molecule has 0 unspecified atom stereocenters. The number of fused-ring (bicyclic) bond motifs is 1. The predicted octanol–water partition coefficient (Wildman–Crippen LogP) is 4.69. The first-order chi connectivity index (χ1) is 13.9. The van der Waals surface area contributed by atoms with E-state index in [1.165, 1.54) is 0 Å². The van der Waals surface area contributed by atoms with Crippen molar-refractivity contribution in [2.45, 2.75) is 38.7 Å². The smallest absolute Gasteiger partial charge is 0.253 e. The number of aryl methyl sites for hydroxylation is 1. The van der Waals surface area contributed by atoms with E-state index in [4.69, 9.17) is 21.1 Å². The van der Waals surface area contributed by atoms with E-state index < -0.39 is 5.60 Å². The summed E-state index contributed by atoms with van der Waals surface area (Å²) in [5.74, 6) is 1.44. The second-order valence-electron chi connectivity index (χ2n) is 7.73. The van der Waals surface area contributed by atoms with Crippen LogP contribution >= 0.6 is 11.6 Å². The number of ether oxygens (including phenoxy) is 2. The highest BCUT2D eigenvalue weighted by Crippen LogP contribution is 2.42. The van der Waals surface area contributed by atoms with Crippen molar-refractivity contribution in [2.24, 2.45) is 0 Å². The topological polar surface area (TPSA) is 55.8 Å². The summed E-state index contributed by atoms with van der Waals surface area (Å²) in [7, 11) is 0. The molecule has 1 spiro atoms. The fourth-order valence-electron chi connectivity index (χ4n) is 4.15. The molecule has 0 aliphatic carbocycles. The highest BCUT2D eigenvalue weighted by atomic mass is 35.5. The van der Waals surface area contributed by atoms with Crippen molar-refractivity contribution in [2.75, 3.05) is 19.7 Å². The monoisotopic (exact) mass is 413 g/mol. The quantitative estimate of drug-likeness (QED) is 0.732. The van der Waals surface area contributed by atoms with Gasteiger partial charge in [-0.1, -0.05) is 11.6 Å². The minimum absolute atomic E-state index is 0.00611. The summed E-state index contributed by atoms with van der Waals surface area (Å²) >= 11 is 6.10. The van der Waals surface area contributed by atoms with Gasteiger partial charge in [-0.3, -0.25) is 9.59 Å². The lowest BCUT2D eigenvalue weighted by Crippen LogP contribution is -2.52. The van der Waals surface area contributed by atoms with Crippen LogP contribution in [0.25, 0.3) is 0 Å². The molecular weight excluding hydrogens is 390 g/mol. The molecule has 2 heterocycles. The molecule has 0 bridgehead atoms. The molecule has 4 rings (SSSR count). The summed E-state index contributed by atoms with van der Waals surface area (Å²) in [5, 5.41) is 0.546. The van der Waals surface area contributed by atoms with Gasteiger partial charge in [-0.15, -0.1) is 0 Å². The van der Waals surface area contributed by atoms with Crippen molar-refractivity contribution in [1.29, 1.82) is 0 Å². The highest BCUT2D eigenvalue weighted by Gasteiger charge is 2.44. The van der Waals surface area contributed by atoms with Crippen LogP contribution in [0.5, 0.6) is 11.5 Å². The minimum atomic E-state index is -0.543. The van der Waals surface area contributed by atoms with Gasteiger partial charge in [-0.25, -0.2) is 0 Å². The Morgan fingerprint density at radius 1 is 1.21 bits per heavy atom. The maximum atomic E-state index is 12.9. The number of rotatable bonds is 3. The van der Waals surface area contributed by atoms with E-state index in [2.05, 4.69) is 0 Å². The van der Waals surface area contributed by atoms with Crippen molar-refractivity contribution in [3.05, 3.63) is 58.1 Å². The number of hydrogen-bond donors (Lipinski definition) is 0. The number of benzene rings is 2. The van der Waals surface area contributed by atoms with Crippen LogP contribution in [0.2, 0.25) is 5.02 Å². The van der Waals surface area contributed by atoms with E-state index in [1.807, 2.05) is 36.9 Å². The Bertz CT molecular complexity index is 946. The average molecular weight is 414 g/mol. The van der Waals surface area contributed by atoms with Crippen molar-refractivity contribution >= 4 is 23.3 Å². The fourth-order valence-corrected chi connectivity index (χ4v) is 4.42. The lowest BCUT2D eigenvalue weighted by molar-refractivity contribution is -0.00616. The first-order valence-electron chi connectivity index (χ1n) is 9.95. The Balaban J connectivity index is 1.46. The molecule has 0 N–H and O–H groups in total. The highest BCUT2D eigenvalue weighted by molar-refractivity contribution is 6.31. The van der Waals surface area contributed by atoms with Gasteiger partial charge in [0.1, 0.15) is 17.1 Å². The second-order valence-corrected chi connectivity index (χ2v) is 8.17. The molecule has 2 aromatic rings. The van der Waals surface area contributed by atoms with Crippen LogP contribution in [0.1, 0.15) is 52.5 Å². The van der Waals surface area contributed by atoms with E-state index >= 15 is 0 Å². The molecule has 0 saturated carbocycles. The summed E-state index contributed by atoms with van der Waals surface area (Å²) in [6.45, 7) is 5.54. The minimum Gasteiger partial charge on any atom is -0.494 e. The Kier molecular flexibility index (Phi) is 5.26. The first kappa shape index (κ1) is 19.8. The normalized spacial score (nSPS) is 17.6. The van der Waals surface area contributed by atoms with E-state index in [0.29, 0.717) is 60.9 Å². The van der Waals surface area contributed by atoms with Gasteiger partial charge in [0.25, 0.3) is 5.91 Å². The molecule has 29 heavy (non-hydrogen) atoms. The number of carbonyl (C=O) groups excluding carboxylic acids is 2. The van der Waals surface area contributed by atoms with Gasteiger partial charge >= 0.3 is 0 Å². The van der Waals surface area contributed by atoms with E-state index in [9.17, 15) is 9.59 Å². The molecule has 2 aromatic carbocycles. The first-order valence-corrected chi connectivity index (χ1v) is 10.3. The van der Waals surface area contributed by atoms with E-state index in [0.717, 1.165) is 11.3 Å². The number of Topliss-reactive ketones (excluding diaryl/α,β-unsaturated/α-hetero) is 1. The summed E-state index contributed by atoms with van der Waals surface area (Å²) in [6.07, 6.45) is 1.58. The second kappa shape index (κ2) is 7.71. The van der Waals surface area contributed by atoms with Gasteiger partial charge in [0.15, 0.2) is 5.78 Å². The summed E-state index contributed by atoms with van der Waals surface area (Å²) in [6, 6.07) is 10.7. The van der Waals surface area contributed by atoms with E-state index in [1.54, 1.807) is 18.2 Å². The van der Waals surface area contributed by atoms with E-state index in [-0.39, 0.29) is 11.7 Å². The largest absolute Gasteiger partial charge is 0.494 e. The summed E-state index contributed by atoms with van der Waals surface area (Å²) in [5.41, 5.74) is 1.53. The van der Waals surface area contributed by atoms with Crippen molar-refractivity contribution in [3.8, 4) is 11.5 Å². The lowest BCUT2D eigenvalue weighted by Gasteiger charge is -2.44. The summed E-state index contributed by atoms with van der Waals surface area (Å²) in [4.78, 5) is 27.4. The average Bonchev–Trinajstić information content (AvgIpc) is 2.70. The molecule has 2 aliphatic heterocycles. The standard InChI is InChI=1S/C23H24ClNO4/c1-3-28-18-6-4-16(5-7-18)22(27)25-10-8-23(9-11-25)14-20(26)19-13-17(24)12-15(2)21(19)29-23/h4-7,12-13H,3,8-11,14H2,1-2H3. The number of ketones is 1. The SMILES string of the molecule is CCOc1ccc(C(=O)N2CCC3(CC2)CC(=O)c2cc(Cl)cc(C)c2O3)cc1. The maximum absolute atomic E-state index is 12.9. The van der Waals surface area contributed by atoms with Crippen molar-refractivity contribution < 1.29 is 19.1 Å². The number of carbonyl (C=O) groups is 2. The third kappa shape index (κ3) is 3.84. The third-order valence-corrected chi connectivity index (χ3v) is 5.93. The zero-order chi connectivity index (χ0) is 20.6. The number of likely N-dealkylation sites (tertiary alicyclic amines) is 1. The molecule has 152 valence electrons. The molecule has 0 atom stereocenters. The van der Waals surface area contributed by atoms with Crippen molar-refractivity contribution in [1.82, 2.24) is 4.90 Å². The maximum Gasteiger partial charge on any atom is 0.253 e. The number of hydrogen-bond acceptors (Lipinski definition) is 4. The molecule has 0 aromatic heterocycles.